The number of rotatable bonds is 11. The second-order valence-corrected chi connectivity index (χ2v) is 10.6. The van der Waals surface area contributed by atoms with Crippen LogP contribution in [0.1, 0.15) is 88.5 Å². The zero-order valence-corrected chi connectivity index (χ0v) is 22.7. The zero-order chi connectivity index (χ0) is 27.7. The van der Waals surface area contributed by atoms with Crippen molar-refractivity contribution in [2.45, 2.75) is 90.1 Å². The van der Waals surface area contributed by atoms with Crippen LogP contribution in [0.25, 0.3) is 0 Å². The van der Waals surface area contributed by atoms with Crippen LogP contribution in [0.4, 0.5) is 10.6 Å². The molecule has 10 heteroatoms. The van der Waals surface area contributed by atoms with Gasteiger partial charge in [0.25, 0.3) is 0 Å². The third-order valence-corrected chi connectivity index (χ3v) is 6.30. The highest BCUT2D eigenvalue weighted by Crippen LogP contribution is 2.28. The number of pyridine rings is 1. The maximum absolute atomic E-state index is 12.8. The first-order valence-electron chi connectivity index (χ1n) is 13.1. The van der Waals surface area contributed by atoms with Gasteiger partial charge in [-0.05, 0) is 76.5 Å². The van der Waals surface area contributed by atoms with Crippen LogP contribution in [0.2, 0.25) is 0 Å². The first-order chi connectivity index (χ1) is 18.1. The first-order valence-corrected chi connectivity index (χ1v) is 13.1. The summed E-state index contributed by atoms with van der Waals surface area (Å²) in [7, 11) is 1.45. The molecule has 1 N–H and O–H groups in total. The Hall–Kier alpha value is -3.56. The topological polar surface area (TPSA) is 132 Å². The summed E-state index contributed by atoms with van der Waals surface area (Å²) in [6.45, 7) is 6.12. The van der Waals surface area contributed by atoms with Gasteiger partial charge in [0.2, 0.25) is 0 Å². The minimum absolute atomic E-state index is 0.00180. The molecule has 1 aliphatic rings. The molecule has 1 atom stereocenters. The average Bonchev–Trinajstić information content (AvgIpc) is 3.07. The van der Waals surface area contributed by atoms with Crippen LogP contribution in [-0.4, -0.2) is 57.2 Å². The number of fused-ring (bicyclic) bond motifs is 1. The Morgan fingerprint density at radius 3 is 2.47 bits per heavy atom. The molecule has 2 aromatic rings. The Bertz CT molecular complexity index is 1110. The van der Waals surface area contributed by atoms with Crippen molar-refractivity contribution in [3.8, 4) is 6.01 Å². The molecular weight excluding hydrogens is 488 g/mol. The van der Waals surface area contributed by atoms with Crippen molar-refractivity contribution in [3.63, 3.8) is 0 Å². The number of aromatic nitrogens is 3. The van der Waals surface area contributed by atoms with E-state index in [-0.39, 0.29) is 30.7 Å². The fourth-order valence-electron chi connectivity index (χ4n) is 4.44. The van der Waals surface area contributed by atoms with Crippen LogP contribution in [0.3, 0.4) is 0 Å². The summed E-state index contributed by atoms with van der Waals surface area (Å²) in [6, 6.07) is 4.22. The molecular formula is C28H38N4O6. The highest BCUT2D eigenvalue weighted by atomic mass is 16.6. The van der Waals surface area contributed by atoms with Gasteiger partial charge in [0.1, 0.15) is 17.2 Å². The number of methoxy groups -OCH3 is 1. The molecule has 2 aromatic heterocycles. The number of ether oxygens (including phenoxy) is 2. The molecule has 1 aliphatic heterocycles. The van der Waals surface area contributed by atoms with E-state index in [1.165, 1.54) is 19.5 Å². The fourth-order valence-corrected chi connectivity index (χ4v) is 4.44. The van der Waals surface area contributed by atoms with E-state index >= 15 is 0 Å². The van der Waals surface area contributed by atoms with Gasteiger partial charge in [-0.1, -0.05) is 6.07 Å². The minimum Gasteiger partial charge on any atom is -0.481 e. The van der Waals surface area contributed by atoms with E-state index in [0.717, 1.165) is 36.9 Å². The largest absolute Gasteiger partial charge is 0.481 e. The Morgan fingerprint density at radius 1 is 1.08 bits per heavy atom. The molecule has 3 rings (SSSR count). The zero-order valence-electron chi connectivity index (χ0n) is 22.7. The lowest BCUT2D eigenvalue weighted by molar-refractivity contribution is -0.137. The standard InChI is InChI=1S/C28H38N4O6/c1-28(2,3)38-27(36)32-14-8-7-9-19-12-13-22(31-25(19)32)10-5-6-11-23(33)15-20(16-24(34)35)21-17-29-26(37-4)30-18-21/h12-13,17-18,20H,5-11,14-16H2,1-4H3,(H,34,35)/t20-/m0/s1. The lowest BCUT2D eigenvalue weighted by Gasteiger charge is -2.27. The number of hydrogen-bond donors (Lipinski definition) is 1. The van der Waals surface area contributed by atoms with Gasteiger partial charge in [0, 0.05) is 43.4 Å². The third kappa shape index (κ3) is 8.78. The smallest absolute Gasteiger partial charge is 0.416 e. The van der Waals surface area contributed by atoms with E-state index < -0.39 is 17.5 Å². The van der Waals surface area contributed by atoms with Crippen molar-refractivity contribution in [2.24, 2.45) is 0 Å². The van der Waals surface area contributed by atoms with Gasteiger partial charge < -0.3 is 14.6 Å². The van der Waals surface area contributed by atoms with Crippen LogP contribution in [0.5, 0.6) is 6.01 Å². The van der Waals surface area contributed by atoms with Crippen LogP contribution < -0.4 is 9.64 Å². The number of Topliss-reactive ketones (excluding diaryl/α,β-unsaturated/α-hetero) is 1. The van der Waals surface area contributed by atoms with Crippen molar-refractivity contribution in [1.29, 1.82) is 0 Å². The van der Waals surface area contributed by atoms with Crippen molar-refractivity contribution in [1.82, 2.24) is 15.0 Å². The van der Waals surface area contributed by atoms with Gasteiger partial charge in [0.05, 0.1) is 13.5 Å². The van der Waals surface area contributed by atoms with Crippen LogP contribution in [0.15, 0.2) is 24.5 Å². The quantitative estimate of drug-likeness (QED) is 0.406. The third-order valence-electron chi connectivity index (χ3n) is 6.30. The second-order valence-electron chi connectivity index (χ2n) is 10.6. The summed E-state index contributed by atoms with van der Waals surface area (Å²) < 4.78 is 10.6. The lowest BCUT2D eigenvalue weighted by atomic mass is 9.91. The summed E-state index contributed by atoms with van der Waals surface area (Å²) in [5.41, 5.74) is 1.92. The average molecular weight is 527 g/mol. The van der Waals surface area contributed by atoms with Crippen LogP contribution in [-0.2, 0) is 27.2 Å². The fraction of sp³-hybridized carbons (Fsp3) is 0.571. The minimum atomic E-state index is -0.978. The number of carbonyl (C=O) groups is 3. The SMILES string of the molecule is COc1ncc([C@H](CC(=O)O)CC(=O)CCCCc2ccc3c(n2)N(C(=O)OC(C)(C)C)CCCC3)cn1. The Morgan fingerprint density at radius 2 is 1.82 bits per heavy atom. The van der Waals surface area contributed by atoms with Gasteiger partial charge in [-0.15, -0.1) is 0 Å². The predicted octanol–water partition coefficient (Wildman–Crippen LogP) is 4.89. The summed E-state index contributed by atoms with van der Waals surface area (Å²) in [5, 5.41) is 9.29. The Labute approximate surface area is 223 Å². The van der Waals surface area contributed by atoms with E-state index in [1.807, 2.05) is 32.9 Å². The molecule has 0 bridgehead atoms. The van der Waals surface area contributed by atoms with Crippen molar-refractivity contribution in [2.75, 3.05) is 18.6 Å². The number of hydrogen-bond acceptors (Lipinski definition) is 8. The molecule has 38 heavy (non-hydrogen) atoms. The van der Waals surface area contributed by atoms with E-state index in [0.29, 0.717) is 37.2 Å². The highest BCUT2D eigenvalue weighted by molar-refractivity contribution is 5.87. The lowest BCUT2D eigenvalue weighted by Crippen LogP contribution is -2.38. The van der Waals surface area contributed by atoms with Crippen molar-refractivity contribution < 1.29 is 29.0 Å². The van der Waals surface area contributed by atoms with Gasteiger partial charge in [0.15, 0.2) is 0 Å². The molecule has 1 amide bonds. The van der Waals surface area contributed by atoms with Crippen molar-refractivity contribution >= 4 is 23.7 Å². The van der Waals surface area contributed by atoms with E-state index in [9.17, 15) is 19.5 Å². The molecule has 0 saturated carbocycles. The second kappa shape index (κ2) is 13.3. The number of nitrogens with zero attached hydrogens (tertiary/aromatic N) is 4. The van der Waals surface area contributed by atoms with E-state index in [4.69, 9.17) is 14.5 Å². The maximum atomic E-state index is 12.8. The molecule has 0 unspecified atom stereocenters. The number of amides is 1. The number of anilines is 1. The Kier molecular flexibility index (Phi) is 10.2. The molecule has 0 saturated heterocycles. The molecule has 10 nitrogen and oxygen atoms in total. The van der Waals surface area contributed by atoms with Crippen molar-refractivity contribution in [3.05, 3.63) is 41.3 Å². The summed E-state index contributed by atoms with van der Waals surface area (Å²) >= 11 is 0. The summed E-state index contributed by atoms with van der Waals surface area (Å²) in [4.78, 5) is 51.4. The van der Waals surface area contributed by atoms with E-state index in [1.54, 1.807) is 4.90 Å². The molecule has 0 radical (unpaired) electrons. The summed E-state index contributed by atoms with van der Waals surface area (Å²) in [6.07, 6.45) is 7.76. The number of unbranched alkanes of at least 4 members (excludes halogenated alkanes) is 1. The monoisotopic (exact) mass is 526 g/mol. The van der Waals surface area contributed by atoms with Gasteiger partial charge in [-0.2, -0.15) is 0 Å². The number of carboxylic acid groups (broad SMARTS) is 1. The van der Waals surface area contributed by atoms with E-state index in [2.05, 4.69) is 9.97 Å². The number of aliphatic carboxylic acids is 1. The number of ketones is 1. The Balaban J connectivity index is 1.56. The number of carboxylic acids is 1. The van der Waals surface area contributed by atoms with Crippen LogP contribution in [0, 0.1) is 0 Å². The molecule has 0 fully saturated rings. The maximum Gasteiger partial charge on any atom is 0.416 e. The predicted molar refractivity (Wildman–Crippen MR) is 142 cm³/mol. The van der Waals surface area contributed by atoms with Gasteiger partial charge in [-0.25, -0.2) is 19.7 Å². The van der Waals surface area contributed by atoms with Crippen LogP contribution >= 0.6 is 0 Å². The molecule has 3 heterocycles. The summed E-state index contributed by atoms with van der Waals surface area (Å²) in [5.74, 6) is -0.800. The molecule has 206 valence electrons. The van der Waals surface area contributed by atoms with Gasteiger partial charge in [-0.3, -0.25) is 14.5 Å². The van der Waals surface area contributed by atoms with Gasteiger partial charge >= 0.3 is 18.1 Å². The normalized spacial score (nSPS) is 14.3. The molecule has 0 spiro atoms. The number of carbonyl (C=O) groups excluding carboxylic acids is 2. The first kappa shape index (κ1) is 29.0. The highest BCUT2D eigenvalue weighted by Gasteiger charge is 2.27. The molecule has 0 aliphatic carbocycles. The number of aryl methyl sites for hydroxylation is 2. The molecule has 0 aromatic carbocycles.